The van der Waals surface area contributed by atoms with E-state index in [0.717, 1.165) is 75.3 Å². The van der Waals surface area contributed by atoms with Crippen LogP contribution in [0.25, 0.3) is 51.2 Å². The summed E-state index contributed by atoms with van der Waals surface area (Å²) in [6.45, 7) is 20.1. The lowest BCUT2D eigenvalue weighted by atomic mass is 10.0. The zero-order valence-corrected chi connectivity index (χ0v) is 48.5. The van der Waals surface area contributed by atoms with Crippen molar-refractivity contribution in [2.24, 2.45) is 0 Å². The maximum Gasteiger partial charge on any atom is 0.144 e. The van der Waals surface area contributed by atoms with Crippen LogP contribution in [0, 0.1) is 62.3 Å². The maximum absolute atomic E-state index is 5.38. The van der Waals surface area contributed by atoms with Gasteiger partial charge in [-0.3, -0.25) is 13.7 Å². The van der Waals surface area contributed by atoms with Crippen molar-refractivity contribution in [1.82, 2.24) is 28.7 Å². The first kappa shape index (κ1) is 54.3. The van der Waals surface area contributed by atoms with Crippen LogP contribution in [-0.4, -0.2) is 28.7 Å². The molecule has 0 N–H and O–H groups in total. The fraction of sp³-hybridized carbons (Fsp3) is 0.375. The molecule has 7 heterocycles. The van der Waals surface area contributed by atoms with Crippen LogP contribution < -0.4 is 0 Å². The monoisotopic (exact) mass is 1030 g/mol. The van der Waals surface area contributed by atoms with E-state index in [1.807, 2.05) is 0 Å². The van der Waals surface area contributed by atoms with Gasteiger partial charge in [0.25, 0.3) is 0 Å². The Kier molecular flexibility index (Phi) is 17.2. The number of benzene rings is 6. The average molecular weight is 1030 g/mol. The van der Waals surface area contributed by atoms with E-state index in [4.69, 9.17) is 15.0 Å². The molecule has 9 aromatic rings. The Morgan fingerprint density at radius 1 is 0.321 bits per heavy atom. The number of hydrogen-bond donors (Lipinski definition) is 0. The third-order valence-corrected chi connectivity index (χ3v) is 16.6. The smallest absolute Gasteiger partial charge is 0.144 e. The molecule has 0 saturated heterocycles. The third kappa shape index (κ3) is 12.4. The second-order valence-corrected chi connectivity index (χ2v) is 23.3. The van der Waals surface area contributed by atoms with E-state index < -0.39 is 0 Å². The van der Waals surface area contributed by atoms with E-state index in [1.165, 1.54) is 175 Å². The van der Waals surface area contributed by atoms with Crippen molar-refractivity contribution in [3.8, 4) is 51.2 Å². The fourth-order valence-electron chi connectivity index (χ4n) is 13.0. The molecule has 0 radical (unpaired) electrons. The highest BCUT2D eigenvalue weighted by Gasteiger charge is 2.21. The van der Waals surface area contributed by atoms with Gasteiger partial charge < -0.3 is 0 Å². The van der Waals surface area contributed by atoms with Gasteiger partial charge in [-0.25, -0.2) is 15.0 Å². The first-order valence-electron chi connectivity index (χ1n) is 29.6. The minimum atomic E-state index is 0.980. The molecule has 6 aromatic carbocycles. The van der Waals surface area contributed by atoms with Gasteiger partial charge in [0, 0.05) is 46.7 Å². The van der Waals surface area contributed by atoms with Crippen molar-refractivity contribution >= 4 is 0 Å². The predicted octanol–water partition coefficient (Wildman–Crippen LogP) is 18.4. The van der Waals surface area contributed by atoms with Crippen LogP contribution in [0.2, 0.25) is 0 Å². The topological polar surface area (TPSA) is 53.5 Å². The molecule has 4 aliphatic heterocycles. The second kappa shape index (κ2) is 24.7. The molecule has 0 saturated carbocycles. The molecule has 78 heavy (non-hydrogen) atoms. The van der Waals surface area contributed by atoms with E-state index in [0.29, 0.717) is 0 Å². The largest absolute Gasteiger partial charge is 0.299 e. The molecule has 0 spiro atoms. The molecular weight excluding hydrogens is 949 g/mol. The van der Waals surface area contributed by atoms with E-state index in [9.17, 15) is 0 Å². The lowest BCUT2D eigenvalue weighted by Gasteiger charge is -2.18. The van der Waals surface area contributed by atoms with Crippen LogP contribution in [0.15, 0.2) is 128 Å². The summed E-state index contributed by atoms with van der Waals surface area (Å²) < 4.78 is 7.32. The van der Waals surface area contributed by atoms with Crippen LogP contribution in [0.3, 0.4) is 0 Å². The summed E-state index contributed by atoms with van der Waals surface area (Å²) >= 11 is 0. The number of fused-ring (bicyclic) bond motifs is 3. The molecule has 0 aliphatic carbocycles. The van der Waals surface area contributed by atoms with Crippen LogP contribution in [0.1, 0.15) is 161 Å². The Bertz CT molecular complexity index is 3370. The Hall–Kier alpha value is -7.05. The first-order chi connectivity index (χ1) is 37.9. The summed E-state index contributed by atoms with van der Waals surface area (Å²) in [5.74, 6) is 3.12. The zero-order chi connectivity index (χ0) is 54.3. The normalized spacial score (nSPS) is 14.6. The minimum Gasteiger partial charge on any atom is -0.299 e. The number of aromatic nitrogens is 6. The Morgan fingerprint density at radius 2 is 0.628 bits per heavy atom. The number of imidazole rings is 3. The van der Waals surface area contributed by atoms with Crippen molar-refractivity contribution in [3.63, 3.8) is 0 Å². The maximum atomic E-state index is 5.38. The van der Waals surface area contributed by atoms with Gasteiger partial charge in [-0.15, -0.1) is 0 Å². The Labute approximate surface area is 467 Å². The molecule has 12 bridgehead atoms. The standard InChI is InChI=1S/C72H84N6/c1-49-40-52(4)67(53(5)41-49)76-48-64-25-19-13-10-16-22-58-28-34-61(35-29-58)70-73-46-65(77(70)68-54(6)42-50(2)43-55(68)7)26-20-14-11-17-23-59-30-36-62(37-31-59)71-74-47-66(78(71)69-56(8)44-51(3)45-57(69)9)27-21-15-12-18-24-60-32-38-63(39-33-60)72(76)75-64/h28-48H,10-27H2,1-9H3. The summed E-state index contributed by atoms with van der Waals surface area (Å²) in [6, 6.07) is 41.8. The van der Waals surface area contributed by atoms with Gasteiger partial charge in [0.1, 0.15) is 17.5 Å². The number of nitrogens with zero attached hydrogens (tertiary/aromatic N) is 6. The highest BCUT2D eigenvalue weighted by Crippen LogP contribution is 2.34. The summed E-state index contributed by atoms with van der Waals surface area (Å²) in [5, 5.41) is 0. The lowest BCUT2D eigenvalue weighted by molar-refractivity contribution is 0.632. The van der Waals surface area contributed by atoms with Crippen molar-refractivity contribution in [2.75, 3.05) is 0 Å². The summed E-state index contributed by atoms with van der Waals surface area (Å²) in [4.78, 5) is 15.7. The van der Waals surface area contributed by atoms with Crippen molar-refractivity contribution in [2.45, 2.75) is 178 Å². The van der Waals surface area contributed by atoms with Crippen LogP contribution in [0.5, 0.6) is 0 Å². The van der Waals surface area contributed by atoms with E-state index in [2.05, 4.69) is 204 Å². The van der Waals surface area contributed by atoms with Gasteiger partial charge in [0.05, 0.1) is 22.8 Å². The average Bonchev–Trinajstić information content (AvgIpc) is 4.33. The second-order valence-electron chi connectivity index (χ2n) is 23.3. The van der Waals surface area contributed by atoms with Crippen molar-refractivity contribution in [1.29, 1.82) is 0 Å². The predicted molar refractivity (Wildman–Crippen MR) is 327 cm³/mol. The van der Waals surface area contributed by atoms with Gasteiger partial charge in [-0.05, 0) is 189 Å². The minimum absolute atomic E-state index is 0.980. The van der Waals surface area contributed by atoms with Crippen LogP contribution in [0.4, 0.5) is 0 Å². The lowest BCUT2D eigenvalue weighted by Crippen LogP contribution is -2.07. The van der Waals surface area contributed by atoms with Gasteiger partial charge >= 0.3 is 0 Å². The van der Waals surface area contributed by atoms with Gasteiger partial charge in [0.2, 0.25) is 0 Å². The summed E-state index contributed by atoms with van der Waals surface area (Å²) in [7, 11) is 0. The quantitative estimate of drug-likeness (QED) is 0.177. The van der Waals surface area contributed by atoms with E-state index in [1.54, 1.807) is 0 Å². The number of aryl methyl sites for hydroxylation is 15. The Balaban J connectivity index is 0.904. The molecule has 6 nitrogen and oxygen atoms in total. The molecule has 0 unspecified atom stereocenters. The number of hydrogen-bond acceptors (Lipinski definition) is 3. The molecule has 0 fully saturated rings. The molecule has 0 amide bonds. The van der Waals surface area contributed by atoms with Gasteiger partial charge in [-0.2, -0.15) is 0 Å². The van der Waals surface area contributed by atoms with Gasteiger partial charge in [0.15, 0.2) is 0 Å². The molecule has 6 heteroatoms. The zero-order valence-electron chi connectivity index (χ0n) is 48.5. The SMILES string of the molecule is Cc1cc(C)c(-n2cc3nc2-c2ccc(cc2)CCCCCCc2cnc(n2-c2c(C)cc(C)cc2C)-c2ccc(cc2)CCCCCCc2cnc(n2-c2c(C)cc(C)cc2C)-c2ccc(cc2)CCCCCC3)c(C)c1. The van der Waals surface area contributed by atoms with Crippen LogP contribution >= 0.6 is 0 Å². The molecule has 0 atom stereocenters. The van der Waals surface area contributed by atoms with E-state index >= 15 is 0 Å². The van der Waals surface area contributed by atoms with Crippen LogP contribution in [-0.2, 0) is 38.5 Å². The Morgan fingerprint density at radius 3 is 0.987 bits per heavy atom. The fourth-order valence-corrected chi connectivity index (χ4v) is 13.0. The highest BCUT2D eigenvalue weighted by atomic mass is 15.1. The first-order valence-corrected chi connectivity index (χ1v) is 29.6. The van der Waals surface area contributed by atoms with Gasteiger partial charge in [-0.1, -0.05) is 164 Å². The van der Waals surface area contributed by atoms with E-state index in [-0.39, 0.29) is 0 Å². The molecule has 4 aliphatic rings. The molecule has 402 valence electrons. The van der Waals surface area contributed by atoms with Crippen molar-refractivity contribution in [3.05, 3.63) is 212 Å². The third-order valence-electron chi connectivity index (χ3n) is 16.6. The summed E-state index contributed by atoms with van der Waals surface area (Å²) in [6.07, 6.45) is 27.0. The highest BCUT2D eigenvalue weighted by molar-refractivity contribution is 5.66. The molecule has 3 aromatic heterocycles. The molecule has 13 rings (SSSR count). The summed E-state index contributed by atoms with van der Waals surface area (Å²) in [5.41, 5.74) is 26.9. The molecular formula is C72H84N6. The number of rotatable bonds is 3. The van der Waals surface area contributed by atoms with Crippen molar-refractivity contribution < 1.29 is 0 Å².